The van der Waals surface area contributed by atoms with Crippen LogP contribution in [0.3, 0.4) is 0 Å². The van der Waals surface area contributed by atoms with E-state index in [2.05, 4.69) is 15.9 Å². The molecule has 1 rings (SSSR count). The van der Waals surface area contributed by atoms with Crippen molar-refractivity contribution < 1.29 is 17.6 Å². The topological polar surface area (TPSA) is 51.2 Å². The van der Waals surface area contributed by atoms with Gasteiger partial charge >= 0.3 is 0 Å². The summed E-state index contributed by atoms with van der Waals surface area (Å²) in [5, 5.41) is 0. The Morgan fingerprint density at radius 1 is 1.28 bits per heavy atom. The van der Waals surface area contributed by atoms with Gasteiger partial charge in [-0.3, -0.25) is 4.79 Å². The number of Topliss-reactive ketones (excluding diaryl/α,β-unsaturated/α-hetero) is 1. The molecule has 0 unspecified atom stereocenters. The van der Waals surface area contributed by atoms with Gasteiger partial charge in [0.05, 0.1) is 0 Å². The van der Waals surface area contributed by atoms with E-state index in [1.165, 1.54) is 19.1 Å². The molecule has 0 radical (unpaired) electrons. The Bertz CT molecular complexity index is 539. The van der Waals surface area contributed by atoms with Gasteiger partial charge in [0.25, 0.3) is 0 Å². The van der Waals surface area contributed by atoms with E-state index in [1.807, 2.05) is 0 Å². The van der Waals surface area contributed by atoms with Gasteiger partial charge in [0.1, 0.15) is 5.82 Å². The zero-order valence-electron chi connectivity index (χ0n) is 10.1. The van der Waals surface area contributed by atoms with Gasteiger partial charge in [-0.05, 0) is 30.7 Å². The summed E-state index contributed by atoms with van der Waals surface area (Å²) in [6, 6.07) is 4.84. The standard InChI is InChI=1S/C12H14BrFO3S/c1-3-12(13,18(16,17)4-2)11(15)9-5-7-10(14)8-6-9/h5-8H,3-4H2,1-2H3/t12-/m1/s1. The highest BCUT2D eigenvalue weighted by Gasteiger charge is 2.45. The number of halogens is 2. The smallest absolute Gasteiger partial charge is 0.194 e. The summed E-state index contributed by atoms with van der Waals surface area (Å²) >= 11 is 3.06. The van der Waals surface area contributed by atoms with Gasteiger partial charge in [0, 0.05) is 11.3 Å². The number of carbonyl (C=O) groups is 1. The van der Waals surface area contributed by atoms with Crippen molar-refractivity contribution in [1.29, 1.82) is 0 Å². The Balaban J connectivity index is 3.26. The molecule has 3 nitrogen and oxygen atoms in total. The fraction of sp³-hybridized carbons (Fsp3) is 0.417. The molecule has 0 aromatic heterocycles. The number of alkyl halides is 1. The van der Waals surface area contributed by atoms with Crippen molar-refractivity contribution in [2.75, 3.05) is 5.75 Å². The first-order valence-corrected chi connectivity index (χ1v) is 7.94. The monoisotopic (exact) mass is 336 g/mol. The third-order valence-electron chi connectivity index (χ3n) is 2.77. The number of benzene rings is 1. The summed E-state index contributed by atoms with van der Waals surface area (Å²) in [7, 11) is -3.59. The van der Waals surface area contributed by atoms with E-state index in [-0.39, 0.29) is 17.7 Å². The fourth-order valence-electron chi connectivity index (χ4n) is 1.57. The third kappa shape index (κ3) is 2.64. The Morgan fingerprint density at radius 2 is 1.78 bits per heavy atom. The van der Waals surface area contributed by atoms with Crippen LogP contribution in [-0.2, 0) is 9.84 Å². The zero-order valence-corrected chi connectivity index (χ0v) is 12.5. The van der Waals surface area contributed by atoms with Gasteiger partial charge < -0.3 is 0 Å². The van der Waals surface area contributed by atoms with Crippen molar-refractivity contribution >= 4 is 31.6 Å². The lowest BCUT2D eigenvalue weighted by Gasteiger charge is -2.24. The van der Waals surface area contributed by atoms with Gasteiger partial charge in [-0.1, -0.05) is 29.8 Å². The van der Waals surface area contributed by atoms with E-state index in [4.69, 9.17) is 0 Å². The van der Waals surface area contributed by atoms with Crippen molar-refractivity contribution in [3.63, 3.8) is 0 Å². The van der Waals surface area contributed by atoms with E-state index in [0.717, 1.165) is 12.1 Å². The van der Waals surface area contributed by atoms with E-state index in [0.29, 0.717) is 0 Å². The minimum atomic E-state index is -3.59. The lowest BCUT2D eigenvalue weighted by Crippen LogP contribution is -2.41. The van der Waals surface area contributed by atoms with Crippen LogP contribution < -0.4 is 0 Å². The first kappa shape index (κ1) is 15.3. The molecule has 18 heavy (non-hydrogen) atoms. The minimum absolute atomic E-state index is 0.110. The van der Waals surface area contributed by atoms with E-state index in [9.17, 15) is 17.6 Å². The summed E-state index contributed by atoms with van der Waals surface area (Å²) < 4.78 is 35.1. The lowest BCUT2D eigenvalue weighted by atomic mass is 10.1. The molecule has 0 amide bonds. The highest BCUT2D eigenvalue weighted by molar-refractivity contribution is 9.12. The van der Waals surface area contributed by atoms with Crippen molar-refractivity contribution in [2.24, 2.45) is 0 Å². The normalized spacial score (nSPS) is 15.1. The second kappa shape index (κ2) is 5.48. The summed E-state index contributed by atoms with van der Waals surface area (Å²) in [5.41, 5.74) is 0.173. The van der Waals surface area contributed by atoms with Crippen LogP contribution in [0, 0.1) is 5.82 Å². The minimum Gasteiger partial charge on any atom is -0.291 e. The van der Waals surface area contributed by atoms with Crippen LogP contribution in [0.4, 0.5) is 4.39 Å². The van der Waals surface area contributed by atoms with Gasteiger partial charge in [-0.25, -0.2) is 12.8 Å². The molecule has 0 heterocycles. The van der Waals surface area contributed by atoms with Crippen molar-refractivity contribution in [1.82, 2.24) is 0 Å². The van der Waals surface area contributed by atoms with Gasteiger partial charge in [-0.15, -0.1) is 0 Å². The third-order valence-corrected chi connectivity index (χ3v) is 7.39. The molecule has 0 N–H and O–H groups in total. The molecule has 1 aromatic carbocycles. The number of ketones is 1. The molecule has 6 heteroatoms. The predicted molar refractivity (Wildman–Crippen MR) is 72.1 cm³/mol. The fourth-order valence-corrected chi connectivity index (χ4v) is 3.78. The molecule has 0 saturated heterocycles. The quantitative estimate of drug-likeness (QED) is 0.613. The van der Waals surface area contributed by atoms with Gasteiger partial charge in [-0.2, -0.15) is 0 Å². The lowest BCUT2D eigenvalue weighted by molar-refractivity contribution is 0.0976. The second-order valence-corrected chi connectivity index (χ2v) is 8.20. The first-order valence-electron chi connectivity index (χ1n) is 5.50. The highest BCUT2D eigenvalue weighted by atomic mass is 79.9. The Kier molecular flexibility index (Phi) is 4.66. The number of hydrogen-bond acceptors (Lipinski definition) is 3. The number of hydrogen-bond donors (Lipinski definition) is 0. The van der Waals surface area contributed by atoms with Crippen molar-refractivity contribution in [2.45, 2.75) is 23.9 Å². The Morgan fingerprint density at radius 3 is 2.17 bits per heavy atom. The van der Waals surface area contributed by atoms with Crippen molar-refractivity contribution in [3.8, 4) is 0 Å². The maximum atomic E-state index is 12.8. The summed E-state index contributed by atoms with van der Waals surface area (Å²) in [6.07, 6.45) is 0.110. The molecule has 0 bridgehead atoms. The maximum absolute atomic E-state index is 12.8. The van der Waals surface area contributed by atoms with Crippen LogP contribution in [0.5, 0.6) is 0 Å². The molecule has 0 aliphatic heterocycles. The zero-order chi connectivity index (χ0) is 14.0. The van der Waals surface area contributed by atoms with Gasteiger partial charge in [0.2, 0.25) is 0 Å². The number of rotatable bonds is 5. The van der Waals surface area contributed by atoms with E-state index in [1.54, 1.807) is 6.92 Å². The molecule has 0 aliphatic carbocycles. The number of sulfone groups is 1. The summed E-state index contributed by atoms with van der Waals surface area (Å²) in [4.78, 5) is 12.3. The average Bonchev–Trinajstić information content (AvgIpc) is 2.37. The summed E-state index contributed by atoms with van der Waals surface area (Å²) in [5.74, 6) is -1.17. The average molecular weight is 337 g/mol. The Labute approximate surface area is 114 Å². The van der Waals surface area contributed by atoms with Crippen LogP contribution in [0.2, 0.25) is 0 Å². The molecule has 1 aromatic rings. The molecular weight excluding hydrogens is 323 g/mol. The molecule has 0 aliphatic rings. The summed E-state index contributed by atoms with van der Waals surface area (Å²) in [6.45, 7) is 3.10. The van der Waals surface area contributed by atoms with E-state index < -0.39 is 25.1 Å². The largest absolute Gasteiger partial charge is 0.291 e. The van der Waals surface area contributed by atoms with Crippen molar-refractivity contribution in [3.05, 3.63) is 35.6 Å². The Hall–Kier alpha value is -0.750. The predicted octanol–water partition coefficient (Wildman–Crippen LogP) is 2.94. The molecular formula is C12H14BrFO3S. The van der Waals surface area contributed by atoms with E-state index >= 15 is 0 Å². The SMILES string of the molecule is CC[C@](Br)(C(=O)c1ccc(F)cc1)S(=O)(=O)CC. The second-order valence-electron chi connectivity index (χ2n) is 3.82. The molecule has 0 spiro atoms. The molecule has 1 atom stereocenters. The van der Waals surface area contributed by atoms with Crippen LogP contribution in [0.25, 0.3) is 0 Å². The van der Waals surface area contributed by atoms with Crippen LogP contribution in [0.15, 0.2) is 24.3 Å². The molecule has 0 saturated carbocycles. The molecule has 0 fully saturated rings. The van der Waals surface area contributed by atoms with Crippen LogP contribution in [0.1, 0.15) is 30.6 Å². The molecule has 100 valence electrons. The first-order chi connectivity index (χ1) is 8.28. The van der Waals surface area contributed by atoms with Crippen LogP contribution in [-0.4, -0.2) is 23.6 Å². The maximum Gasteiger partial charge on any atom is 0.194 e. The van der Waals surface area contributed by atoms with Gasteiger partial charge in [0.15, 0.2) is 19.3 Å². The number of carbonyl (C=O) groups excluding carboxylic acids is 1. The van der Waals surface area contributed by atoms with Crippen LogP contribution >= 0.6 is 15.9 Å². The highest BCUT2D eigenvalue weighted by Crippen LogP contribution is 2.34.